The van der Waals surface area contributed by atoms with Crippen molar-refractivity contribution in [2.75, 3.05) is 39.3 Å². The van der Waals surface area contributed by atoms with E-state index in [2.05, 4.69) is 33.5 Å². The van der Waals surface area contributed by atoms with Gasteiger partial charge in [-0.15, -0.1) is 11.3 Å². The minimum atomic E-state index is 0.263. The highest BCUT2D eigenvalue weighted by atomic mass is 32.1. The van der Waals surface area contributed by atoms with E-state index in [1.165, 1.54) is 10.4 Å². The van der Waals surface area contributed by atoms with Gasteiger partial charge in [0.2, 0.25) is 5.91 Å². The molecule has 0 radical (unpaired) electrons. The van der Waals surface area contributed by atoms with Crippen molar-refractivity contribution in [3.63, 3.8) is 0 Å². The Balaban J connectivity index is 1.34. The number of aryl methyl sites for hydroxylation is 1. The Kier molecular flexibility index (Phi) is 3.96. The summed E-state index contributed by atoms with van der Waals surface area (Å²) in [6.45, 7) is 8.52. The summed E-state index contributed by atoms with van der Waals surface area (Å²) in [6, 6.07) is 2.77. The molecule has 3 heterocycles. The van der Waals surface area contributed by atoms with Crippen molar-refractivity contribution in [2.24, 2.45) is 5.92 Å². The lowest BCUT2D eigenvalue weighted by molar-refractivity contribution is -0.131. The number of hydrogen-bond acceptors (Lipinski definition) is 4. The summed E-state index contributed by atoms with van der Waals surface area (Å²) in [5.74, 6) is 1.18. The predicted octanol–water partition coefficient (Wildman–Crippen LogP) is 1.67. The first-order valence-corrected chi connectivity index (χ1v) is 9.39. The van der Waals surface area contributed by atoms with Crippen LogP contribution in [0, 0.1) is 12.8 Å². The molecule has 1 N–H and O–H groups in total. The van der Waals surface area contributed by atoms with Gasteiger partial charge >= 0.3 is 0 Å². The van der Waals surface area contributed by atoms with Crippen molar-refractivity contribution < 1.29 is 4.79 Å². The van der Waals surface area contributed by atoms with Crippen LogP contribution in [0.2, 0.25) is 0 Å². The van der Waals surface area contributed by atoms with E-state index in [0.717, 1.165) is 52.1 Å². The standard InChI is InChI=1S/C17H25N3OS/c1-12-3-9-22-16(12)14-10-15(14)17(21)20-6-2-13(11-20)19-7-4-18-5-8-19/h3,9,13-15,18H,2,4-8,10-11H2,1H3. The van der Waals surface area contributed by atoms with E-state index in [1.54, 1.807) is 0 Å². The molecular formula is C17H25N3OS. The minimum absolute atomic E-state index is 0.263. The number of likely N-dealkylation sites (tertiary alicyclic amines) is 1. The summed E-state index contributed by atoms with van der Waals surface area (Å²) in [5.41, 5.74) is 1.37. The van der Waals surface area contributed by atoms with E-state index in [0.29, 0.717) is 17.9 Å². The Morgan fingerprint density at radius 3 is 2.86 bits per heavy atom. The summed E-state index contributed by atoms with van der Waals surface area (Å²) in [6.07, 6.45) is 2.22. The van der Waals surface area contributed by atoms with Gasteiger partial charge in [0.25, 0.3) is 0 Å². The van der Waals surface area contributed by atoms with Crippen LogP contribution in [0.1, 0.15) is 29.2 Å². The van der Waals surface area contributed by atoms with Crippen LogP contribution >= 0.6 is 11.3 Å². The quantitative estimate of drug-likeness (QED) is 0.920. The number of carbonyl (C=O) groups is 1. The monoisotopic (exact) mass is 319 g/mol. The first-order valence-electron chi connectivity index (χ1n) is 8.51. The molecule has 2 saturated heterocycles. The molecular weight excluding hydrogens is 294 g/mol. The lowest BCUT2D eigenvalue weighted by Crippen LogP contribution is -2.49. The van der Waals surface area contributed by atoms with E-state index < -0.39 is 0 Å². The SMILES string of the molecule is Cc1ccsc1C1CC1C(=O)N1CCC(N2CCNCC2)C1. The second-order valence-corrected chi connectivity index (χ2v) is 7.88. The smallest absolute Gasteiger partial charge is 0.226 e. The Morgan fingerprint density at radius 2 is 2.14 bits per heavy atom. The van der Waals surface area contributed by atoms with Gasteiger partial charge in [0, 0.05) is 62.0 Å². The minimum Gasteiger partial charge on any atom is -0.341 e. The van der Waals surface area contributed by atoms with Crippen molar-refractivity contribution in [1.29, 1.82) is 0 Å². The van der Waals surface area contributed by atoms with Gasteiger partial charge in [0.1, 0.15) is 0 Å². The third-order valence-corrected chi connectivity index (χ3v) is 6.64. The maximum atomic E-state index is 12.8. The van der Waals surface area contributed by atoms with Crippen LogP contribution in [0.4, 0.5) is 0 Å². The Morgan fingerprint density at radius 1 is 1.32 bits per heavy atom. The highest BCUT2D eigenvalue weighted by Crippen LogP contribution is 2.51. The Bertz CT molecular complexity index is 552. The zero-order chi connectivity index (χ0) is 15.1. The molecule has 1 aromatic heterocycles. The van der Waals surface area contributed by atoms with Crippen molar-refractivity contribution in [2.45, 2.75) is 31.7 Å². The van der Waals surface area contributed by atoms with Gasteiger partial charge in [0.05, 0.1) is 0 Å². The maximum Gasteiger partial charge on any atom is 0.226 e. The summed E-state index contributed by atoms with van der Waals surface area (Å²) in [7, 11) is 0. The highest BCUT2D eigenvalue weighted by molar-refractivity contribution is 7.10. The molecule has 3 fully saturated rings. The average Bonchev–Trinajstić information content (AvgIpc) is 2.96. The molecule has 1 saturated carbocycles. The molecule has 1 aromatic rings. The number of piperazine rings is 1. The molecule has 4 nitrogen and oxygen atoms in total. The largest absolute Gasteiger partial charge is 0.341 e. The molecule has 2 aliphatic heterocycles. The first-order chi connectivity index (χ1) is 10.7. The molecule has 120 valence electrons. The Labute approximate surface area is 136 Å². The van der Waals surface area contributed by atoms with E-state index in [4.69, 9.17) is 0 Å². The molecule has 0 aromatic carbocycles. The summed E-state index contributed by atoms with van der Waals surface area (Å²) < 4.78 is 0. The van der Waals surface area contributed by atoms with E-state index in [-0.39, 0.29) is 5.92 Å². The number of nitrogens with one attached hydrogen (secondary N) is 1. The highest BCUT2D eigenvalue weighted by Gasteiger charge is 2.48. The van der Waals surface area contributed by atoms with Crippen molar-refractivity contribution in [3.05, 3.63) is 21.9 Å². The number of carbonyl (C=O) groups excluding carboxylic acids is 1. The van der Waals surface area contributed by atoms with Gasteiger partial charge in [-0.3, -0.25) is 9.69 Å². The van der Waals surface area contributed by atoms with Crippen molar-refractivity contribution in [3.8, 4) is 0 Å². The van der Waals surface area contributed by atoms with Crippen LogP contribution < -0.4 is 5.32 Å². The lowest BCUT2D eigenvalue weighted by atomic mass is 10.2. The fraction of sp³-hybridized carbons (Fsp3) is 0.706. The fourth-order valence-corrected chi connectivity index (χ4v) is 5.15. The molecule has 22 heavy (non-hydrogen) atoms. The zero-order valence-electron chi connectivity index (χ0n) is 13.3. The molecule has 3 atom stereocenters. The molecule has 5 heteroatoms. The zero-order valence-corrected chi connectivity index (χ0v) is 14.1. The molecule has 4 rings (SSSR count). The fourth-order valence-electron chi connectivity index (χ4n) is 4.04. The molecule has 1 aliphatic carbocycles. The second-order valence-electron chi connectivity index (χ2n) is 6.93. The van der Waals surface area contributed by atoms with Crippen LogP contribution in [0.25, 0.3) is 0 Å². The number of nitrogens with zero attached hydrogens (tertiary/aromatic N) is 2. The number of thiophene rings is 1. The van der Waals surface area contributed by atoms with Crippen LogP contribution in [0.3, 0.4) is 0 Å². The van der Waals surface area contributed by atoms with Gasteiger partial charge < -0.3 is 10.2 Å². The van der Waals surface area contributed by atoms with Gasteiger partial charge in [-0.1, -0.05) is 0 Å². The Hall–Kier alpha value is -0.910. The average molecular weight is 319 g/mol. The van der Waals surface area contributed by atoms with Gasteiger partial charge in [-0.2, -0.15) is 0 Å². The first kappa shape index (κ1) is 14.7. The normalized spacial score (nSPS) is 32.4. The van der Waals surface area contributed by atoms with E-state index in [9.17, 15) is 4.79 Å². The molecule has 0 spiro atoms. The van der Waals surface area contributed by atoms with Gasteiger partial charge in [-0.05, 0) is 36.8 Å². The number of amides is 1. The topological polar surface area (TPSA) is 35.6 Å². The summed E-state index contributed by atoms with van der Waals surface area (Å²) >= 11 is 1.82. The van der Waals surface area contributed by atoms with Crippen molar-refractivity contribution >= 4 is 17.2 Å². The van der Waals surface area contributed by atoms with Gasteiger partial charge in [-0.25, -0.2) is 0 Å². The summed E-state index contributed by atoms with van der Waals surface area (Å²) in [4.78, 5) is 18.9. The number of hydrogen-bond donors (Lipinski definition) is 1. The van der Waals surface area contributed by atoms with E-state index in [1.807, 2.05) is 11.3 Å². The third kappa shape index (κ3) is 2.70. The van der Waals surface area contributed by atoms with Crippen LogP contribution in [0.15, 0.2) is 11.4 Å². The molecule has 1 amide bonds. The van der Waals surface area contributed by atoms with E-state index >= 15 is 0 Å². The maximum absolute atomic E-state index is 12.8. The van der Waals surface area contributed by atoms with Gasteiger partial charge in [0.15, 0.2) is 0 Å². The van der Waals surface area contributed by atoms with Crippen LogP contribution in [-0.2, 0) is 4.79 Å². The second kappa shape index (κ2) is 5.95. The lowest BCUT2D eigenvalue weighted by Gasteiger charge is -2.32. The molecule has 3 aliphatic rings. The van der Waals surface area contributed by atoms with Crippen LogP contribution in [0.5, 0.6) is 0 Å². The number of rotatable bonds is 3. The molecule has 3 unspecified atom stereocenters. The van der Waals surface area contributed by atoms with Crippen LogP contribution in [-0.4, -0.2) is 61.0 Å². The predicted molar refractivity (Wildman–Crippen MR) is 89.3 cm³/mol. The molecule has 0 bridgehead atoms. The summed E-state index contributed by atoms with van der Waals surface area (Å²) in [5, 5.41) is 5.56. The van der Waals surface area contributed by atoms with Crippen molar-refractivity contribution in [1.82, 2.24) is 15.1 Å². The third-order valence-electron chi connectivity index (χ3n) is 5.49.